The zero-order chi connectivity index (χ0) is 15.6. The van der Waals surface area contributed by atoms with Gasteiger partial charge in [-0.05, 0) is 38.1 Å². The number of nitrogens with zero attached hydrogens (tertiary/aromatic N) is 3. The van der Waals surface area contributed by atoms with Crippen LogP contribution in [0.25, 0.3) is 5.69 Å². The maximum absolute atomic E-state index is 12.7. The minimum Gasteiger partial charge on any atom is -0.319 e. The van der Waals surface area contributed by atoms with Gasteiger partial charge in [0.2, 0.25) is 10.0 Å². The number of nitrogens with one attached hydrogen (secondary N) is 1. The van der Waals surface area contributed by atoms with Crippen LogP contribution in [0.1, 0.15) is 6.42 Å². The number of halogens is 1. The summed E-state index contributed by atoms with van der Waals surface area (Å²) >= 11 is 0. The van der Waals surface area contributed by atoms with E-state index in [0.29, 0.717) is 19.0 Å². The van der Waals surface area contributed by atoms with Gasteiger partial charge >= 0.3 is 0 Å². The summed E-state index contributed by atoms with van der Waals surface area (Å²) in [6, 6.07) is 9.49. The van der Waals surface area contributed by atoms with E-state index in [-0.39, 0.29) is 17.3 Å². The van der Waals surface area contributed by atoms with Gasteiger partial charge in [-0.3, -0.25) is 0 Å². The second-order valence-electron chi connectivity index (χ2n) is 5.53. The smallest absolute Gasteiger partial charge is 0.246 e. The number of sulfonamides is 1. The third kappa shape index (κ3) is 3.74. The van der Waals surface area contributed by atoms with Gasteiger partial charge in [-0.2, -0.15) is 9.40 Å². The van der Waals surface area contributed by atoms with Gasteiger partial charge in [0.25, 0.3) is 0 Å². The Kier molecular flexibility index (Phi) is 5.80. The molecule has 6 nitrogen and oxygen atoms in total. The summed E-state index contributed by atoms with van der Waals surface area (Å²) in [6.07, 6.45) is 3.90. The fourth-order valence-electron chi connectivity index (χ4n) is 2.78. The summed E-state index contributed by atoms with van der Waals surface area (Å²) in [4.78, 5) is 0.251. The molecule has 1 fully saturated rings. The Hall–Kier alpha value is -1.41. The lowest BCUT2D eigenvalue weighted by atomic mass is 10.1. The molecule has 0 bridgehead atoms. The molecule has 1 saturated heterocycles. The van der Waals surface area contributed by atoms with E-state index in [2.05, 4.69) is 10.4 Å². The monoisotopic (exact) mass is 356 g/mol. The average Bonchev–Trinajstić information content (AvgIpc) is 3.18. The van der Waals surface area contributed by atoms with Gasteiger partial charge in [-0.25, -0.2) is 13.1 Å². The van der Waals surface area contributed by atoms with Crippen molar-refractivity contribution in [1.29, 1.82) is 0 Å². The molecule has 8 heteroatoms. The van der Waals surface area contributed by atoms with Crippen molar-refractivity contribution in [2.45, 2.75) is 11.3 Å². The number of benzene rings is 1. The van der Waals surface area contributed by atoms with Crippen molar-refractivity contribution in [3.05, 3.63) is 42.7 Å². The predicted octanol–water partition coefficient (Wildman–Crippen LogP) is 1.52. The predicted molar refractivity (Wildman–Crippen MR) is 91.6 cm³/mol. The Bertz CT molecular complexity index is 733. The lowest BCUT2D eigenvalue weighted by Gasteiger charge is -2.15. The Morgan fingerprint density at radius 3 is 2.74 bits per heavy atom. The van der Waals surface area contributed by atoms with Crippen LogP contribution in [0, 0.1) is 5.92 Å². The van der Waals surface area contributed by atoms with Crippen molar-refractivity contribution >= 4 is 22.4 Å². The van der Waals surface area contributed by atoms with Crippen LogP contribution >= 0.6 is 12.4 Å². The van der Waals surface area contributed by atoms with E-state index in [4.69, 9.17) is 0 Å². The molecule has 1 aromatic heterocycles. The summed E-state index contributed by atoms with van der Waals surface area (Å²) in [5, 5.41) is 7.29. The highest BCUT2D eigenvalue weighted by molar-refractivity contribution is 7.89. The summed E-state index contributed by atoms with van der Waals surface area (Å²) in [5.41, 5.74) is 0.846. The third-order valence-corrected chi connectivity index (χ3v) is 5.78. The normalized spacial score (nSPS) is 18.7. The van der Waals surface area contributed by atoms with E-state index in [9.17, 15) is 8.42 Å². The van der Waals surface area contributed by atoms with E-state index in [1.807, 2.05) is 37.4 Å². The van der Waals surface area contributed by atoms with E-state index in [1.54, 1.807) is 15.2 Å². The fourth-order valence-corrected chi connectivity index (χ4v) is 4.25. The molecule has 0 aliphatic carbocycles. The van der Waals surface area contributed by atoms with Crippen molar-refractivity contribution in [2.24, 2.45) is 5.92 Å². The summed E-state index contributed by atoms with van der Waals surface area (Å²) in [7, 11) is -1.56. The largest absolute Gasteiger partial charge is 0.319 e. The topological polar surface area (TPSA) is 67.2 Å². The van der Waals surface area contributed by atoms with Crippen molar-refractivity contribution in [3.8, 4) is 5.69 Å². The Morgan fingerprint density at radius 1 is 1.30 bits per heavy atom. The van der Waals surface area contributed by atoms with Gasteiger partial charge in [0.15, 0.2) is 0 Å². The van der Waals surface area contributed by atoms with Gasteiger partial charge in [-0.15, -0.1) is 12.4 Å². The molecule has 23 heavy (non-hydrogen) atoms. The highest BCUT2D eigenvalue weighted by Crippen LogP contribution is 2.24. The molecule has 0 radical (unpaired) electrons. The van der Waals surface area contributed by atoms with Crippen LogP contribution in [0.5, 0.6) is 0 Å². The molecule has 1 atom stereocenters. The third-order valence-electron chi connectivity index (χ3n) is 3.96. The van der Waals surface area contributed by atoms with Gasteiger partial charge in [0.1, 0.15) is 4.90 Å². The highest BCUT2D eigenvalue weighted by Gasteiger charge is 2.33. The Balaban J connectivity index is 0.00000192. The molecule has 2 aromatic rings. The molecular weight excluding hydrogens is 336 g/mol. The molecule has 1 aliphatic heterocycles. The SMILES string of the molecule is CNCC1CCN(S(=O)(=O)c2cnn(-c3ccccc3)c2)C1.Cl. The molecule has 1 aromatic carbocycles. The summed E-state index contributed by atoms with van der Waals surface area (Å²) in [5.74, 6) is 0.379. The molecule has 0 spiro atoms. The van der Waals surface area contributed by atoms with E-state index in [0.717, 1.165) is 18.7 Å². The second-order valence-corrected chi connectivity index (χ2v) is 7.47. The highest BCUT2D eigenvalue weighted by atomic mass is 35.5. The van der Waals surface area contributed by atoms with Gasteiger partial charge in [0, 0.05) is 13.1 Å². The maximum atomic E-state index is 12.7. The number of rotatable bonds is 5. The first kappa shape index (κ1) is 17.9. The van der Waals surface area contributed by atoms with Crippen molar-refractivity contribution in [2.75, 3.05) is 26.7 Å². The van der Waals surface area contributed by atoms with Crippen LogP contribution < -0.4 is 5.32 Å². The lowest BCUT2D eigenvalue weighted by Crippen LogP contribution is -2.30. The molecule has 0 amide bonds. The first-order chi connectivity index (χ1) is 10.6. The molecule has 1 unspecified atom stereocenters. The standard InChI is InChI=1S/C15H20N4O2S.ClH/c1-16-9-13-7-8-18(11-13)22(20,21)15-10-17-19(12-15)14-5-3-2-4-6-14;/h2-6,10,12-13,16H,7-9,11H2,1H3;1H. The first-order valence-electron chi connectivity index (χ1n) is 7.36. The zero-order valence-corrected chi connectivity index (χ0v) is 14.6. The average molecular weight is 357 g/mol. The van der Waals surface area contributed by atoms with Crippen LogP contribution in [0.3, 0.4) is 0 Å². The molecular formula is C15H21ClN4O2S. The minimum absolute atomic E-state index is 0. The zero-order valence-electron chi connectivity index (χ0n) is 12.9. The molecule has 1 N–H and O–H groups in total. The number of aromatic nitrogens is 2. The van der Waals surface area contributed by atoms with Gasteiger partial charge in [-0.1, -0.05) is 18.2 Å². The summed E-state index contributed by atoms with van der Waals surface area (Å²) in [6.45, 7) is 1.99. The molecule has 126 valence electrons. The van der Waals surface area contributed by atoms with E-state index in [1.165, 1.54) is 6.20 Å². The number of para-hydroxylation sites is 1. The van der Waals surface area contributed by atoms with Crippen molar-refractivity contribution < 1.29 is 8.42 Å². The maximum Gasteiger partial charge on any atom is 0.246 e. The van der Waals surface area contributed by atoms with Crippen LogP contribution in [0.2, 0.25) is 0 Å². The van der Waals surface area contributed by atoms with Crippen molar-refractivity contribution in [1.82, 2.24) is 19.4 Å². The van der Waals surface area contributed by atoms with E-state index < -0.39 is 10.0 Å². The van der Waals surface area contributed by atoms with Crippen molar-refractivity contribution in [3.63, 3.8) is 0 Å². The Morgan fingerprint density at radius 2 is 2.04 bits per heavy atom. The fraction of sp³-hybridized carbons (Fsp3) is 0.400. The number of hydrogen-bond acceptors (Lipinski definition) is 4. The second kappa shape index (κ2) is 7.44. The Labute approximate surface area is 143 Å². The number of hydrogen-bond donors (Lipinski definition) is 1. The molecule has 3 rings (SSSR count). The quantitative estimate of drug-likeness (QED) is 0.882. The minimum atomic E-state index is -3.45. The van der Waals surface area contributed by atoms with Crippen LogP contribution in [0.4, 0.5) is 0 Å². The molecule has 1 aliphatic rings. The van der Waals surface area contributed by atoms with Crippen LogP contribution in [-0.4, -0.2) is 49.2 Å². The van der Waals surface area contributed by atoms with Crippen LogP contribution in [-0.2, 0) is 10.0 Å². The van der Waals surface area contributed by atoms with Crippen LogP contribution in [0.15, 0.2) is 47.6 Å². The molecule has 2 heterocycles. The van der Waals surface area contributed by atoms with Gasteiger partial charge < -0.3 is 5.32 Å². The van der Waals surface area contributed by atoms with Gasteiger partial charge in [0.05, 0.1) is 18.1 Å². The lowest BCUT2D eigenvalue weighted by molar-refractivity contribution is 0.451. The molecule has 0 saturated carbocycles. The van der Waals surface area contributed by atoms with E-state index >= 15 is 0 Å². The first-order valence-corrected chi connectivity index (χ1v) is 8.80. The summed E-state index contributed by atoms with van der Waals surface area (Å²) < 4.78 is 28.5.